The molecule has 0 aliphatic heterocycles. The molecule has 3 rings (SSSR count). The molecule has 2 aromatic rings. The summed E-state index contributed by atoms with van der Waals surface area (Å²) in [5, 5.41) is 21.0. The van der Waals surface area contributed by atoms with Crippen molar-refractivity contribution in [3.05, 3.63) is 80.8 Å². The molecule has 6 heteroatoms. The lowest BCUT2D eigenvalue weighted by Crippen LogP contribution is -2.29. The average Bonchev–Trinajstić information content (AvgIpc) is 2.72. The number of carboxylic acid groups (broad SMARTS) is 2. The van der Waals surface area contributed by atoms with Crippen molar-refractivity contribution < 1.29 is 19.8 Å². The van der Waals surface area contributed by atoms with Crippen molar-refractivity contribution in [2.75, 3.05) is 0 Å². The number of carboxylic acids is 2. The molecule has 2 aromatic carbocycles. The van der Waals surface area contributed by atoms with E-state index in [0.29, 0.717) is 22.9 Å². The first-order chi connectivity index (χ1) is 14.3. The first-order valence-electron chi connectivity index (χ1n) is 9.76. The van der Waals surface area contributed by atoms with Crippen LogP contribution < -0.4 is 0 Å². The lowest BCUT2D eigenvalue weighted by atomic mass is 9.71. The maximum absolute atomic E-state index is 12.1. The molecule has 0 radical (unpaired) electrons. The fourth-order valence-corrected chi connectivity index (χ4v) is 4.26. The highest BCUT2D eigenvalue weighted by atomic mass is 35.5. The van der Waals surface area contributed by atoms with Crippen LogP contribution in [0.4, 0.5) is 0 Å². The van der Waals surface area contributed by atoms with E-state index in [0.717, 1.165) is 24.0 Å². The number of aliphatic carboxylic acids is 2. The van der Waals surface area contributed by atoms with Crippen LogP contribution in [0.5, 0.6) is 0 Å². The van der Waals surface area contributed by atoms with Gasteiger partial charge in [0.25, 0.3) is 0 Å². The Morgan fingerprint density at radius 2 is 1.03 bits per heavy atom. The van der Waals surface area contributed by atoms with Crippen molar-refractivity contribution in [2.24, 2.45) is 11.8 Å². The van der Waals surface area contributed by atoms with E-state index in [4.69, 9.17) is 23.2 Å². The fraction of sp³-hybridized carbons (Fsp3) is 0.250. The second-order valence-electron chi connectivity index (χ2n) is 7.41. The molecular weight excluding hydrogens is 423 g/mol. The van der Waals surface area contributed by atoms with Crippen LogP contribution >= 0.6 is 23.2 Å². The summed E-state index contributed by atoms with van der Waals surface area (Å²) < 4.78 is 0. The number of rotatable bonds is 6. The first-order valence-corrected chi connectivity index (χ1v) is 10.5. The third-order valence-corrected chi connectivity index (χ3v) is 5.95. The summed E-state index contributed by atoms with van der Waals surface area (Å²) in [6, 6.07) is 13.8. The second-order valence-corrected chi connectivity index (χ2v) is 8.28. The SMILES string of the molecule is O=C(O)C(=Cc1ccc(Cl)cc1)[C@H]1CCCC[C@@H]1C(=Cc1ccc(Cl)cc1)C(=O)O. The molecule has 1 aliphatic rings. The maximum atomic E-state index is 12.1. The van der Waals surface area contributed by atoms with Gasteiger partial charge in [-0.1, -0.05) is 60.3 Å². The van der Waals surface area contributed by atoms with Gasteiger partial charge in [0.1, 0.15) is 0 Å². The average molecular weight is 445 g/mol. The predicted molar refractivity (Wildman–Crippen MR) is 120 cm³/mol. The monoisotopic (exact) mass is 444 g/mol. The Morgan fingerprint density at radius 3 is 1.33 bits per heavy atom. The van der Waals surface area contributed by atoms with E-state index in [1.165, 1.54) is 0 Å². The van der Waals surface area contributed by atoms with Crippen LogP contribution in [0, 0.1) is 11.8 Å². The molecule has 0 heterocycles. The Morgan fingerprint density at radius 1 is 0.700 bits per heavy atom. The van der Waals surface area contributed by atoms with Gasteiger partial charge in [0, 0.05) is 21.2 Å². The molecule has 4 nitrogen and oxygen atoms in total. The number of carbonyl (C=O) groups is 2. The van der Waals surface area contributed by atoms with Gasteiger partial charge in [-0.3, -0.25) is 0 Å². The summed E-state index contributed by atoms with van der Waals surface area (Å²) in [5.74, 6) is -2.83. The molecule has 0 saturated heterocycles. The summed E-state index contributed by atoms with van der Waals surface area (Å²) in [6.45, 7) is 0. The molecule has 1 saturated carbocycles. The highest BCUT2D eigenvalue weighted by Gasteiger charge is 2.35. The smallest absolute Gasteiger partial charge is 0.331 e. The molecule has 1 aliphatic carbocycles. The van der Waals surface area contributed by atoms with Gasteiger partial charge in [0.05, 0.1) is 0 Å². The quantitative estimate of drug-likeness (QED) is 0.502. The minimum absolute atomic E-state index is 0.227. The maximum Gasteiger partial charge on any atom is 0.331 e. The first kappa shape index (κ1) is 22.1. The van der Waals surface area contributed by atoms with Crippen molar-refractivity contribution in [1.29, 1.82) is 0 Å². The molecule has 2 atom stereocenters. The zero-order valence-electron chi connectivity index (χ0n) is 16.2. The molecule has 0 spiro atoms. The third-order valence-electron chi connectivity index (χ3n) is 5.44. The van der Waals surface area contributed by atoms with Gasteiger partial charge in [-0.2, -0.15) is 0 Å². The van der Waals surface area contributed by atoms with E-state index in [1.54, 1.807) is 60.7 Å². The van der Waals surface area contributed by atoms with E-state index in [9.17, 15) is 19.8 Å². The van der Waals surface area contributed by atoms with Gasteiger partial charge in [0.2, 0.25) is 0 Å². The Labute approximate surface area is 185 Å². The van der Waals surface area contributed by atoms with Crippen LogP contribution in [-0.2, 0) is 9.59 Å². The largest absolute Gasteiger partial charge is 0.478 e. The lowest BCUT2D eigenvalue weighted by molar-refractivity contribution is -0.135. The molecule has 0 unspecified atom stereocenters. The molecule has 30 heavy (non-hydrogen) atoms. The number of halogens is 2. The highest BCUT2D eigenvalue weighted by molar-refractivity contribution is 6.30. The Balaban J connectivity index is 2.01. The summed E-state index contributed by atoms with van der Waals surface area (Å²) in [5.41, 5.74) is 1.90. The normalized spacial score (nSPS) is 20.1. The Hall–Kier alpha value is -2.56. The molecule has 1 fully saturated rings. The lowest BCUT2D eigenvalue weighted by Gasteiger charge is -2.32. The van der Waals surface area contributed by atoms with Crippen molar-refractivity contribution in [3.8, 4) is 0 Å². The summed E-state index contributed by atoms with van der Waals surface area (Å²) in [6.07, 6.45) is 6.23. The molecule has 0 amide bonds. The van der Waals surface area contributed by atoms with E-state index in [-0.39, 0.29) is 23.0 Å². The highest BCUT2D eigenvalue weighted by Crippen LogP contribution is 2.41. The van der Waals surface area contributed by atoms with Crippen LogP contribution in [0.25, 0.3) is 12.2 Å². The van der Waals surface area contributed by atoms with Crippen molar-refractivity contribution >= 4 is 47.3 Å². The number of hydrogen-bond donors (Lipinski definition) is 2. The van der Waals surface area contributed by atoms with Gasteiger partial charge in [0.15, 0.2) is 0 Å². The van der Waals surface area contributed by atoms with E-state index in [2.05, 4.69) is 0 Å². The van der Waals surface area contributed by atoms with Crippen LogP contribution in [0.3, 0.4) is 0 Å². The fourth-order valence-electron chi connectivity index (χ4n) is 4.01. The van der Waals surface area contributed by atoms with Crippen molar-refractivity contribution in [1.82, 2.24) is 0 Å². The number of benzene rings is 2. The Bertz CT molecular complexity index is 894. The summed E-state index contributed by atoms with van der Waals surface area (Å²) >= 11 is 11.9. The minimum atomic E-state index is -1.03. The standard InChI is InChI=1S/C24H22Cl2O4/c25-17-9-5-15(6-10-17)13-21(23(27)28)19-3-1-2-4-20(19)22(24(29)30)14-16-7-11-18(26)12-8-16/h5-14,19-20H,1-4H2,(H,27,28)(H,29,30)/t19-,20-/m0/s1. The Kier molecular flexibility index (Phi) is 7.35. The van der Waals surface area contributed by atoms with E-state index in [1.807, 2.05) is 0 Å². The van der Waals surface area contributed by atoms with Crippen LogP contribution in [-0.4, -0.2) is 22.2 Å². The number of hydrogen-bond acceptors (Lipinski definition) is 2. The summed E-state index contributed by atoms with van der Waals surface area (Å²) in [7, 11) is 0. The van der Waals surface area contributed by atoms with Crippen LogP contribution in [0.15, 0.2) is 59.7 Å². The van der Waals surface area contributed by atoms with Gasteiger partial charge in [-0.15, -0.1) is 0 Å². The van der Waals surface area contributed by atoms with Crippen molar-refractivity contribution in [3.63, 3.8) is 0 Å². The zero-order valence-corrected chi connectivity index (χ0v) is 17.7. The third kappa shape index (κ3) is 5.53. The molecule has 2 N–H and O–H groups in total. The predicted octanol–water partition coefficient (Wildman–Crippen LogP) is 6.44. The summed E-state index contributed by atoms with van der Waals surface area (Å²) in [4.78, 5) is 24.3. The zero-order chi connectivity index (χ0) is 21.7. The van der Waals surface area contributed by atoms with E-state index >= 15 is 0 Å². The molecule has 156 valence electrons. The minimum Gasteiger partial charge on any atom is -0.478 e. The van der Waals surface area contributed by atoms with E-state index < -0.39 is 11.9 Å². The van der Waals surface area contributed by atoms with Crippen LogP contribution in [0.2, 0.25) is 10.0 Å². The molecule has 0 aromatic heterocycles. The molecular formula is C24H22Cl2O4. The van der Waals surface area contributed by atoms with Gasteiger partial charge < -0.3 is 10.2 Å². The molecule has 0 bridgehead atoms. The van der Waals surface area contributed by atoms with Gasteiger partial charge in [-0.05, 0) is 72.2 Å². The topological polar surface area (TPSA) is 74.6 Å². The van der Waals surface area contributed by atoms with Gasteiger partial charge >= 0.3 is 11.9 Å². The second kappa shape index (κ2) is 9.96. The van der Waals surface area contributed by atoms with Crippen molar-refractivity contribution in [2.45, 2.75) is 25.7 Å². The van der Waals surface area contributed by atoms with Crippen LogP contribution in [0.1, 0.15) is 36.8 Å². The van der Waals surface area contributed by atoms with Gasteiger partial charge in [-0.25, -0.2) is 9.59 Å².